The predicted molar refractivity (Wildman–Crippen MR) is 10.7 cm³/mol. The Morgan fingerprint density at radius 2 is 1.40 bits per heavy atom. The van der Waals surface area contributed by atoms with E-state index in [1.807, 2.05) is 0 Å². The van der Waals surface area contributed by atoms with Crippen molar-refractivity contribution < 1.29 is 32.1 Å². The van der Waals surface area contributed by atoms with Crippen LogP contribution in [0.3, 0.4) is 0 Å². The van der Waals surface area contributed by atoms with Crippen molar-refractivity contribution in [2.24, 2.45) is 0 Å². The van der Waals surface area contributed by atoms with E-state index < -0.39 is 6.16 Å². The van der Waals surface area contributed by atoms with Crippen LogP contribution in [0.5, 0.6) is 0 Å². The number of hydrogen-bond acceptors (Lipinski definition) is 1. The second kappa shape index (κ2) is 3.79. The molecule has 0 bridgehead atoms. The third-order valence-electron chi connectivity index (χ3n) is 0. The van der Waals surface area contributed by atoms with Gasteiger partial charge < -0.3 is 10.2 Å². The van der Waals surface area contributed by atoms with Crippen molar-refractivity contribution >= 4 is 6.16 Å². The van der Waals surface area contributed by atoms with Gasteiger partial charge >= 0.3 is 6.16 Å². The molecular weight excluding hydrogens is 115 g/mol. The van der Waals surface area contributed by atoms with Crippen LogP contribution in [0, 0.1) is 0 Å². The molecule has 0 aromatic heterocycles. The van der Waals surface area contributed by atoms with Crippen molar-refractivity contribution in [2.75, 3.05) is 0 Å². The van der Waals surface area contributed by atoms with Gasteiger partial charge in [-0.25, -0.2) is 4.79 Å². The molecule has 0 aliphatic heterocycles. The standard InChI is InChI=1S/CH2O3.Mn/c2-1(3)4;/h(H2,2,3,4);. The molecule has 0 heterocycles. The van der Waals surface area contributed by atoms with Gasteiger partial charge in [-0.2, -0.15) is 0 Å². The molecule has 0 saturated carbocycles. The van der Waals surface area contributed by atoms with E-state index >= 15 is 0 Å². The minimum Gasteiger partial charge on any atom is -0.450 e. The van der Waals surface area contributed by atoms with Gasteiger partial charge in [-0.3, -0.25) is 0 Å². The molecule has 0 aliphatic rings. The van der Waals surface area contributed by atoms with Gasteiger partial charge in [0.25, 0.3) is 0 Å². The first-order valence-electron chi connectivity index (χ1n) is 0.651. The second-order valence-electron chi connectivity index (χ2n) is 0.283. The molecule has 1 radical (unpaired) electrons. The topological polar surface area (TPSA) is 57.5 Å². The molecule has 0 aromatic carbocycles. The molecule has 0 aromatic rings. The Bertz CT molecular complexity index is 29.9. The van der Waals surface area contributed by atoms with Crippen molar-refractivity contribution in [3.05, 3.63) is 0 Å². The maximum atomic E-state index is 8.56. The van der Waals surface area contributed by atoms with Crippen LogP contribution in [0.4, 0.5) is 4.79 Å². The maximum absolute atomic E-state index is 8.56. The zero-order valence-electron chi connectivity index (χ0n) is 2.18. The number of carboxylic acid groups (broad SMARTS) is 2. The first-order chi connectivity index (χ1) is 1.73. The van der Waals surface area contributed by atoms with Gasteiger partial charge in [-0.05, 0) is 0 Å². The van der Waals surface area contributed by atoms with Gasteiger partial charge in [0.1, 0.15) is 0 Å². The fraction of sp³-hybridized carbons (Fsp3) is 0. The Morgan fingerprint density at radius 1 is 1.40 bits per heavy atom. The largest absolute Gasteiger partial charge is 0.503 e. The van der Waals surface area contributed by atoms with Crippen LogP contribution in [-0.2, 0) is 17.1 Å². The molecule has 0 spiro atoms. The van der Waals surface area contributed by atoms with E-state index in [4.69, 9.17) is 15.0 Å². The van der Waals surface area contributed by atoms with E-state index in [-0.39, 0.29) is 17.1 Å². The summed E-state index contributed by atoms with van der Waals surface area (Å²) < 4.78 is 0. The number of carbonyl (C=O) groups is 1. The van der Waals surface area contributed by atoms with Crippen LogP contribution >= 0.6 is 0 Å². The minimum atomic E-state index is -1.83. The van der Waals surface area contributed by atoms with Gasteiger partial charge in [-0.1, -0.05) is 0 Å². The summed E-state index contributed by atoms with van der Waals surface area (Å²) in [5, 5.41) is 13.9. The predicted octanol–water partition coefficient (Wildman–Crippen LogP) is 0.220. The van der Waals surface area contributed by atoms with E-state index in [1.54, 1.807) is 0 Å². The quantitative estimate of drug-likeness (QED) is 0.446. The second-order valence-corrected chi connectivity index (χ2v) is 0.283. The molecule has 4 heteroatoms. The number of hydrogen-bond donors (Lipinski definition) is 2. The molecule has 5 heavy (non-hydrogen) atoms. The molecule has 2 N–H and O–H groups in total. The molecule has 0 atom stereocenters. The maximum Gasteiger partial charge on any atom is 0.503 e. The smallest absolute Gasteiger partial charge is 0.450 e. The SMILES string of the molecule is O=C(O)O.[Mn]. The van der Waals surface area contributed by atoms with Crippen LogP contribution < -0.4 is 0 Å². The van der Waals surface area contributed by atoms with Crippen molar-refractivity contribution in [3.63, 3.8) is 0 Å². The van der Waals surface area contributed by atoms with Crippen LogP contribution in [0.15, 0.2) is 0 Å². The molecule has 0 unspecified atom stereocenters. The van der Waals surface area contributed by atoms with Gasteiger partial charge in [0.15, 0.2) is 0 Å². The molecule has 31 valence electrons. The Morgan fingerprint density at radius 3 is 1.40 bits per heavy atom. The Labute approximate surface area is 39.1 Å². The summed E-state index contributed by atoms with van der Waals surface area (Å²) in [6, 6.07) is 0. The Kier molecular flexibility index (Phi) is 6.70. The zero-order chi connectivity index (χ0) is 3.58. The monoisotopic (exact) mass is 117 g/mol. The van der Waals surface area contributed by atoms with Crippen LogP contribution in [-0.4, -0.2) is 16.4 Å². The van der Waals surface area contributed by atoms with Crippen molar-refractivity contribution in [1.29, 1.82) is 0 Å². The Balaban J connectivity index is 0. The summed E-state index contributed by atoms with van der Waals surface area (Å²) in [4.78, 5) is 8.56. The fourth-order valence-corrected chi connectivity index (χ4v) is 0. The zero-order valence-corrected chi connectivity index (χ0v) is 3.36. The third-order valence-corrected chi connectivity index (χ3v) is 0. The summed E-state index contributed by atoms with van der Waals surface area (Å²) >= 11 is 0. The van der Waals surface area contributed by atoms with E-state index in [1.165, 1.54) is 0 Å². The van der Waals surface area contributed by atoms with Crippen LogP contribution in [0.1, 0.15) is 0 Å². The van der Waals surface area contributed by atoms with Gasteiger partial charge in [0.05, 0.1) is 0 Å². The summed E-state index contributed by atoms with van der Waals surface area (Å²) in [5.74, 6) is 0. The van der Waals surface area contributed by atoms with Gasteiger partial charge in [-0.15, -0.1) is 0 Å². The van der Waals surface area contributed by atoms with E-state index in [9.17, 15) is 0 Å². The molecule has 0 rings (SSSR count). The summed E-state index contributed by atoms with van der Waals surface area (Å²) in [5.41, 5.74) is 0. The molecule has 0 fully saturated rings. The Hall–Kier alpha value is -0.211. The normalized spacial score (nSPS) is 4.80. The van der Waals surface area contributed by atoms with Crippen molar-refractivity contribution in [1.82, 2.24) is 0 Å². The van der Waals surface area contributed by atoms with Crippen molar-refractivity contribution in [3.8, 4) is 0 Å². The van der Waals surface area contributed by atoms with E-state index in [2.05, 4.69) is 0 Å². The summed E-state index contributed by atoms with van der Waals surface area (Å²) in [6.45, 7) is 0. The van der Waals surface area contributed by atoms with Gasteiger partial charge in [0, 0.05) is 17.1 Å². The van der Waals surface area contributed by atoms with Gasteiger partial charge in [0.2, 0.25) is 0 Å². The van der Waals surface area contributed by atoms with E-state index in [0.29, 0.717) is 0 Å². The summed E-state index contributed by atoms with van der Waals surface area (Å²) in [6.07, 6.45) is -1.83. The fourth-order valence-electron chi connectivity index (χ4n) is 0. The van der Waals surface area contributed by atoms with E-state index in [0.717, 1.165) is 0 Å². The molecular formula is CH2MnO3. The van der Waals surface area contributed by atoms with Crippen LogP contribution in [0.2, 0.25) is 0 Å². The first kappa shape index (κ1) is 8.84. The third kappa shape index (κ3) is 274. The molecule has 3 nitrogen and oxygen atoms in total. The van der Waals surface area contributed by atoms with Crippen LogP contribution in [0.25, 0.3) is 0 Å². The minimum absolute atomic E-state index is 0. The molecule has 0 aliphatic carbocycles. The van der Waals surface area contributed by atoms with Crippen molar-refractivity contribution in [2.45, 2.75) is 0 Å². The molecule has 0 saturated heterocycles. The number of rotatable bonds is 0. The molecule has 0 amide bonds. The first-order valence-corrected chi connectivity index (χ1v) is 0.651. The average Bonchev–Trinajstić information content (AvgIpc) is 0.811. The summed E-state index contributed by atoms with van der Waals surface area (Å²) in [7, 11) is 0. The average molecular weight is 117 g/mol.